The monoisotopic (exact) mass is 347 g/mol. The summed E-state index contributed by atoms with van der Waals surface area (Å²) >= 11 is 0. The van der Waals surface area contributed by atoms with E-state index in [2.05, 4.69) is 15.1 Å². The topological polar surface area (TPSA) is 74.8 Å². The maximum absolute atomic E-state index is 12.8. The van der Waals surface area contributed by atoms with Gasteiger partial charge < -0.3 is 4.74 Å². The fourth-order valence-corrected chi connectivity index (χ4v) is 2.87. The Bertz CT molecular complexity index is 1150. The smallest absolute Gasteiger partial charge is 0.264 e. The Morgan fingerprint density at radius 2 is 1.96 bits per heavy atom. The third-order valence-electron chi connectivity index (χ3n) is 4.22. The van der Waals surface area contributed by atoms with Crippen molar-refractivity contribution in [3.05, 3.63) is 76.6 Å². The van der Waals surface area contributed by atoms with Gasteiger partial charge in [0.05, 0.1) is 31.2 Å². The van der Waals surface area contributed by atoms with Crippen LogP contribution >= 0.6 is 0 Å². The molecule has 0 aliphatic rings. The van der Waals surface area contributed by atoms with Gasteiger partial charge in [-0.05, 0) is 24.6 Å². The molecule has 1 aromatic carbocycles. The zero-order valence-corrected chi connectivity index (χ0v) is 14.5. The van der Waals surface area contributed by atoms with Crippen LogP contribution in [0.3, 0.4) is 0 Å². The molecule has 3 heterocycles. The Morgan fingerprint density at radius 1 is 1.12 bits per heavy atom. The van der Waals surface area contributed by atoms with Crippen molar-refractivity contribution in [3.8, 4) is 11.6 Å². The molecular weight excluding hydrogens is 330 g/mol. The van der Waals surface area contributed by atoms with Gasteiger partial charge in [0.2, 0.25) is 5.88 Å². The third kappa shape index (κ3) is 2.73. The molecular formula is C19H17N5O2. The normalized spacial score (nSPS) is 11.0. The first-order valence-electron chi connectivity index (χ1n) is 8.16. The van der Waals surface area contributed by atoms with Crippen molar-refractivity contribution in [1.29, 1.82) is 0 Å². The van der Waals surface area contributed by atoms with E-state index in [9.17, 15) is 4.79 Å². The van der Waals surface area contributed by atoms with E-state index in [1.165, 1.54) is 10.9 Å². The average Bonchev–Trinajstić information content (AvgIpc) is 3.09. The van der Waals surface area contributed by atoms with E-state index in [4.69, 9.17) is 4.74 Å². The molecule has 0 N–H and O–H groups in total. The highest BCUT2D eigenvalue weighted by Gasteiger charge is 2.13. The zero-order valence-electron chi connectivity index (χ0n) is 14.5. The molecule has 4 aromatic rings. The molecule has 4 rings (SSSR count). The van der Waals surface area contributed by atoms with Crippen LogP contribution in [0.25, 0.3) is 16.7 Å². The van der Waals surface area contributed by atoms with Gasteiger partial charge in [-0.15, -0.1) is 0 Å². The number of hydrogen-bond acceptors (Lipinski definition) is 5. The highest BCUT2D eigenvalue weighted by molar-refractivity contribution is 5.75. The van der Waals surface area contributed by atoms with Crippen molar-refractivity contribution in [2.24, 2.45) is 0 Å². The molecule has 0 aliphatic carbocycles. The van der Waals surface area contributed by atoms with Gasteiger partial charge in [-0.1, -0.05) is 24.3 Å². The summed E-state index contributed by atoms with van der Waals surface area (Å²) in [5, 5.41) is 4.84. The van der Waals surface area contributed by atoms with Crippen LogP contribution in [0.4, 0.5) is 0 Å². The number of para-hydroxylation sites is 1. The van der Waals surface area contributed by atoms with E-state index in [0.717, 1.165) is 16.9 Å². The van der Waals surface area contributed by atoms with E-state index in [0.29, 0.717) is 23.5 Å². The largest absolute Gasteiger partial charge is 0.481 e. The Balaban J connectivity index is 1.77. The minimum absolute atomic E-state index is 0.153. The van der Waals surface area contributed by atoms with Gasteiger partial charge in [0, 0.05) is 6.07 Å². The Hall–Kier alpha value is -3.48. The van der Waals surface area contributed by atoms with Crippen LogP contribution < -0.4 is 10.3 Å². The van der Waals surface area contributed by atoms with Gasteiger partial charge in [-0.2, -0.15) is 5.10 Å². The number of ether oxygens (including phenoxy) is 1. The minimum atomic E-state index is -0.153. The van der Waals surface area contributed by atoms with Gasteiger partial charge >= 0.3 is 0 Å². The third-order valence-corrected chi connectivity index (χ3v) is 4.22. The van der Waals surface area contributed by atoms with Gasteiger partial charge in [0.25, 0.3) is 5.56 Å². The number of benzene rings is 1. The molecule has 130 valence electrons. The van der Waals surface area contributed by atoms with Crippen LogP contribution in [0, 0.1) is 6.92 Å². The summed E-state index contributed by atoms with van der Waals surface area (Å²) in [5.74, 6) is 0.511. The molecule has 0 fully saturated rings. The van der Waals surface area contributed by atoms with Crippen molar-refractivity contribution in [1.82, 2.24) is 24.3 Å². The summed E-state index contributed by atoms with van der Waals surface area (Å²) in [6, 6.07) is 13.3. The van der Waals surface area contributed by atoms with E-state index >= 15 is 0 Å². The fraction of sp³-hybridized carbons (Fsp3) is 0.158. The van der Waals surface area contributed by atoms with Crippen LogP contribution in [0.15, 0.2) is 59.8 Å². The minimum Gasteiger partial charge on any atom is -0.481 e. The lowest BCUT2D eigenvalue weighted by Crippen LogP contribution is -2.21. The van der Waals surface area contributed by atoms with Crippen molar-refractivity contribution in [2.45, 2.75) is 13.5 Å². The van der Waals surface area contributed by atoms with E-state index in [1.54, 1.807) is 24.1 Å². The predicted molar refractivity (Wildman–Crippen MR) is 97.8 cm³/mol. The van der Waals surface area contributed by atoms with Crippen LogP contribution in [0.1, 0.15) is 11.3 Å². The second-order valence-electron chi connectivity index (χ2n) is 5.93. The highest BCUT2D eigenvalue weighted by Crippen LogP contribution is 2.17. The fourth-order valence-electron chi connectivity index (χ4n) is 2.87. The number of rotatable bonds is 4. The molecule has 0 spiro atoms. The lowest BCUT2D eigenvalue weighted by Gasteiger charge is -2.08. The summed E-state index contributed by atoms with van der Waals surface area (Å²) in [4.78, 5) is 21.6. The Labute approximate surface area is 149 Å². The van der Waals surface area contributed by atoms with Crippen LogP contribution in [0.5, 0.6) is 5.88 Å². The molecule has 26 heavy (non-hydrogen) atoms. The Morgan fingerprint density at radius 3 is 2.77 bits per heavy atom. The summed E-state index contributed by atoms with van der Waals surface area (Å²) in [7, 11) is 1.56. The second kappa shape index (κ2) is 6.44. The quantitative estimate of drug-likeness (QED) is 0.566. The van der Waals surface area contributed by atoms with Gasteiger partial charge in [-0.25, -0.2) is 14.6 Å². The number of hydrogen-bond donors (Lipinski definition) is 0. The number of methoxy groups -OCH3 is 1. The van der Waals surface area contributed by atoms with Crippen molar-refractivity contribution < 1.29 is 4.74 Å². The number of pyridine rings is 1. The van der Waals surface area contributed by atoms with Crippen LogP contribution in [0.2, 0.25) is 0 Å². The molecule has 0 saturated carbocycles. The molecule has 7 heteroatoms. The maximum atomic E-state index is 12.8. The van der Waals surface area contributed by atoms with Crippen LogP contribution in [-0.4, -0.2) is 31.4 Å². The summed E-state index contributed by atoms with van der Waals surface area (Å²) in [5.41, 5.74) is 3.07. The molecule has 0 radical (unpaired) electrons. The number of nitrogens with zero attached hydrogens (tertiary/aromatic N) is 5. The first-order valence-corrected chi connectivity index (χ1v) is 8.16. The number of aryl methyl sites for hydroxylation is 1. The van der Waals surface area contributed by atoms with Crippen molar-refractivity contribution >= 4 is 11.0 Å². The Kier molecular flexibility index (Phi) is 3.96. The average molecular weight is 347 g/mol. The van der Waals surface area contributed by atoms with Gasteiger partial charge in [0.1, 0.15) is 11.7 Å². The first-order chi connectivity index (χ1) is 12.7. The lowest BCUT2D eigenvalue weighted by molar-refractivity contribution is 0.396. The summed E-state index contributed by atoms with van der Waals surface area (Å²) < 4.78 is 8.35. The maximum Gasteiger partial charge on any atom is 0.264 e. The van der Waals surface area contributed by atoms with E-state index < -0.39 is 0 Å². The molecule has 0 aliphatic heterocycles. The molecule has 7 nitrogen and oxygen atoms in total. The summed E-state index contributed by atoms with van der Waals surface area (Å²) in [6.07, 6.45) is 3.09. The van der Waals surface area contributed by atoms with E-state index in [-0.39, 0.29) is 5.56 Å². The lowest BCUT2D eigenvalue weighted by atomic mass is 10.2. The zero-order chi connectivity index (χ0) is 18.1. The molecule has 0 atom stereocenters. The molecule has 0 saturated heterocycles. The molecule has 0 bridgehead atoms. The predicted octanol–water partition coefficient (Wildman–Crippen LogP) is 2.34. The van der Waals surface area contributed by atoms with E-state index in [1.807, 2.05) is 43.3 Å². The number of fused-ring (bicyclic) bond motifs is 1. The van der Waals surface area contributed by atoms with Crippen LogP contribution in [-0.2, 0) is 6.54 Å². The second-order valence-corrected chi connectivity index (χ2v) is 5.93. The molecule has 0 amide bonds. The standard InChI is InChI=1S/C19H17N5O2/c1-13-6-3-4-8-16(13)24-18-15(10-21-24)19(25)23(12-20-18)11-14-7-5-9-17(22-14)26-2/h3-10,12H,11H2,1-2H3. The highest BCUT2D eigenvalue weighted by atomic mass is 16.5. The molecule has 0 unspecified atom stereocenters. The SMILES string of the molecule is COc1cccc(Cn2cnc3c(cnn3-c3ccccc3C)c2=O)n1. The summed E-state index contributed by atoms with van der Waals surface area (Å²) in [6.45, 7) is 2.31. The van der Waals surface area contributed by atoms with Gasteiger partial charge in [-0.3, -0.25) is 9.36 Å². The first kappa shape index (κ1) is 16.0. The molecule has 3 aromatic heterocycles. The van der Waals surface area contributed by atoms with Crippen molar-refractivity contribution in [3.63, 3.8) is 0 Å². The van der Waals surface area contributed by atoms with Crippen molar-refractivity contribution in [2.75, 3.05) is 7.11 Å². The van der Waals surface area contributed by atoms with Gasteiger partial charge in [0.15, 0.2) is 5.65 Å². The number of aromatic nitrogens is 5.